The first kappa shape index (κ1) is 13.9. The molecule has 1 aliphatic heterocycles. The summed E-state index contributed by atoms with van der Waals surface area (Å²) in [6.45, 7) is 6.08. The molecule has 0 saturated carbocycles. The SMILES string of the molecule is Cc1cc(C(=O)N2CCCC(C)C2)ccc1N(C)C. The van der Waals surface area contributed by atoms with Crippen molar-refractivity contribution >= 4 is 11.6 Å². The highest BCUT2D eigenvalue weighted by molar-refractivity contribution is 5.95. The number of amides is 1. The van der Waals surface area contributed by atoms with Gasteiger partial charge < -0.3 is 9.80 Å². The van der Waals surface area contributed by atoms with Gasteiger partial charge in [0.05, 0.1) is 0 Å². The Labute approximate surface area is 116 Å². The van der Waals surface area contributed by atoms with Crippen molar-refractivity contribution in [2.75, 3.05) is 32.1 Å². The van der Waals surface area contributed by atoms with Crippen LogP contribution in [0.3, 0.4) is 0 Å². The molecule has 0 N–H and O–H groups in total. The molecule has 0 aromatic heterocycles. The van der Waals surface area contributed by atoms with E-state index in [9.17, 15) is 4.79 Å². The number of anilines is 1. The van der Waals surface area contributed by atoms with Gasteiger partial charge in [0, 0.05) is 38.4 Å². The Hall–Kier alpha value is -1.51. The van der Waals surface area contributed by atoms with E-state index in [4.69, 9.17) is 0 Å². The Bertz CT molecular complexity index is 468. The first-order valence-corrected chi connectivity index (χ1v) is 7.06. The average Bonchev–Trinajstić information content (AvgIpc) is 2.37. The lowest BCUT2D eigenvalue weighted by Gasteiger charge is -2.31. The van der Waals surface area contributed by atoms with Crippen LogP contribution in [0.25, 0.3) is 0 Å². The van der Waals surface area contributed by atoms with Crippen molar-refractivity contribution in [1.29, 1.82) is 0 Å². The molecule has 0 radical (unpaired) electrons. The maximum Gasteiger partial charge on any atom is 0.253 e. The van der Waals surface area contributed by atoms with E-state index in [2.05, 4.69) is 18.7 Å². The van der Waals surface area contributed by atoms with E-state index >= 15 is 0 Å². The van der Waals surface area contributed by atoms with E-state index in [-0.39, 0.29) is 5.91 Å². The van der Waals surface area contributed by atoms with Crippen LogP contribution < -0.4 is 4.90 Å². The predicted octanol–water partition coefficient (Wildman–Crippen LogP) is 2.93. The zero-order valence-electron chi connectivity index (χ0n) is 12.4. The largest absolute Gasteiger partial charge is 0.377 e. The topological polar surface area (TPSA) is 23.6 Å². The van der Waals surface area contributed by atoms with E-state index in [0.717, 1.165) is 30.6 Å². The van der Waals surface area contributed by atoms with Gasteiger partial charge in [0.25, 0.3) is 5.91 Å². The highest BCUT2D eigenvalue weighted by atomic mass is 16.2. The Balaban J connectivity index is 2.17. The minimum atomic E-state index is 0.181. The fraction of sp³-hybridized carbons (Fsp3) is 0.562. The summed E-state index contributed by atoms with van der Waals surface area (Å²) in [4.78, 5) is 16.6. The van der Waals surface area contributed by atoms with Gasteiger partial charge in [0.15, 0.2) is 0 Å². The summed E-state index contributed by atoms with van der Waals surface area (Å²) in [5.41, 5.74) is 3.14. The third kappa shape index (κ3) is 3.09. The number of piperidine rings is 1. The third-order valence-corrected chi connectivity index (χ3v) is 3.87. The first-order valence-electron chi connectivity index (χ1n) is 7.06. The van der Waals surface area contributed by atoms with Crippen LogP contribution in [0.1, 0.15) is 35.7 Å². The number of rotatable bonds is 2. The van der Waals surface area contributed by atoms with E-state index in [1.807, 2.05) is 37.2 Å². The van der Waals surface area contributed by atoms with E-state index in [1.165, 1.54) is 12.1 Å². The zero-order chi connectivity index (χ0) is 14.0. The van der Waals surface area contributed by atoms with E-state index in [1.54, 1.807) is 0 Å². The zero-order valence-corrected chi connectivity index (χ0v) is 12.4. The van der Waals surface area contributed by atoms with Crippen molar-refractivity contribution < 1.29 is 4.79 Å². The lowest BCUT2D eigenvalue weighted by atomic mass is 9.99. The van der Waals surface area contributed by atoms with Crippen LogP contribution in [0.4, 0.5) is 5.69 Å². The van der Waals surface area contributed by atoms with Crippen molar-refractivity contribution in [3.05, 3.63) is 29.3 Å². The number of carbonyl (C=O) groups excluding carboxylic acids is 1. The Morgan fingerprint density at radius 3 is 2.68 bits per heavy atom. The number of aryl methyl sites for hydroxylation is 1. The molecule has 1 aromatic rings. The Morgan fingerprint density at radius 2 is 2.11 bits per heavy atom. The smallest absolute Gasteiger partial charge is 0.253 e. The van der Waals surface area contributed by atoms with Crippen LogP contribution in [-0.4, -0.2) is 38.0 Å². The van der Waals surface area contributed by atoms with E-state index < -0.39 is 0 Å². The van der Waals surface area contributed by atoms with Crippen molar-refractivity contribution in [2.45, 2.75) is 26.7 Å². The van der Waals surface area contributed by atoms with Crippen LogP contribution in [-0.2, 0) is 0 Å². The molecule has 19 heavy (non-hydrogen) atoms. The number of hydrogen-bond acceptors (Lipinski definition) is 2. The van der Waals surface area contributed by atoms with Gasteiger partial charge >= 0.3 is 0 Å². The highest BCUT2D eigenvalue weighted by Gasteiger charge is 2.22. The molecule has 2 rings (SSSR count). The van der Waals surface area contributed by atoms with Gasteiger partial charge in [-0.05, 0) is 49.4 Å². The molecule has 0 bridgehead atoms. The van der Waals surface area contributed by atoms with Crippen LogP contribution in [0, 0.1) is 12.8 Å². The van der Waals surface area contributed by atoms with Crippen LogP contribution >= 0.6 is 0 Å². The summed E-state index contributed by atoms with van der Waals surface area (Å²) in [6, 6.07) is 6.00. The highest BCUT2D eigenvalue weighted by Crippen LogP contribution is 2.22. The molecule has 1 aliphatic rings. The maximum atomic E-state index is 12.5. The van der Waals surface area contributed by atoms with Crippen molar-refractivity contribution in [3.8, 4) is 0 Å². The van der Waals surface area contributed by atoms with Gasteiger partial charge in [-0.3, -0.25) is 4.79 Å². The molecule has 1 aromatic carbocycles. The predicted molar refractivity (Wildman–Crippen MR) is 79.8 cm³/mol. The summed E-state index contributed by atoms with van der Waals surface area (Å²) < 4.78 is 0. The molecular formula is C16H24N2O. The van der Waals surface area contributed by atoms with Crippen molar-refractivity contribution in [1.82, 2.24) is 4.90 Å². The molecule has 1 atom stereocenters. The fourth-order valence-corrected chi connectivity index (χ4v) is 2.85. The second kappa shape index (κ2) is 5.64. The molecule has 0 spiro atoms. The molecule has 1 fully saturated rings. The summed E-state index contributed by atoms with van der Waals surface area (Å²) >= 11 is 0. The standard InChI is InChI=1S/C16H24N2O/c1-12-6-5-9-18(11-12)16(19)14-7-8-15(17(3)4)13(2)10-14/h7-8,10,12H,5-6,9,11H2,1-4H3. The monoisotopic (exact) mass is 260 g/mol. The lowest BCUT2D eigenvalue weighted by Crippen LogP contribution is -2.39. The minimum Gasteiger partial charge on any atom is -0.377 e. The van der Waals surface area contributed by atoms with Gasteiger partial charge in [-0.25, -0.2) is 0 Å². The third-order valence-electron chi connectivity index (χ3n) is 3.87. The Kier molecular flexibility index (Phi) is 4.13. The van der Waals surface area contributed by atoms with Crippen LogP contribution in [0.15, 0.2) is 18.2 Å². The minimum absolute atomic E-state index is 0.181. The lowest BCUT2D eigenvalue weighted by molar-refractivity contribution is 0.0683. The summed E-state index contributed by atoms with van der Waals surface area (Å²) in [7, 11) is 4.05. The summed E-state index contributed by atoms with van der Waals surface area (Å²) in [6.07, 6.45) is 2.37. The van der Waals surface area contributed by atoms with E-state index in [0.29, 0.717) is 5.92 Å². The van der Waals surface area contributed by atoms with Crippen molar-refractivity contribution in [3.63, 3.8) is 0 Å². The second-order valence-electron chi connectivity index (χ2n) is 5.89. The molecule has 1 saturated heterocycles. The number of nitrogens with zero attached hydrogens (tertiary/aromatic N) is 2. The molecule has 1 heterocycles. The molecule has 0 aliphatic carbocycles. The van der Waals surface area contributed by atoms with Gasteiger partial charge in [-0.15, -0.1) is 0 Å². The summed E-state index contributed by atoms with van der Waals surface area (Å²) in [5.74, 6) is 0.805. The van der Waals surface area contributed by atoms with Gasteiger partial charge in [0.2, 0.25) is 0 Å². The summed E-state index contributed by atoms with van der Waals surface area (Å²) in [5, 5.41) is 0. The number of likely N-dealkylation sites (tertiary alicyclic amines) is 1. The van der Waals surface area contributed by atoms with Gasteiger partial charge in [-0.2, -0.15) is 0 Å². The second-order valence-corrected chi connectivity index (χ2v) is 5.89. The van der Waals surface area contributed by atoms with Crippen molar-refractivity contribution in [2.24, 2.45) is 5.92 Å². The molecule has 3 heteroatoms. The normalized spacial score (nSPS) is 19.4. The first-order chi connectivity index (χ1) is 8.99. The molecule has 1 amide bonds. The van der Waals surface area contributed by atoms with Crippen LogP contribution in [0.5, 0.6) is 0 Å². The molecular weight excluding hydrogens is 236 g/mol. The Morgan fingerprint density at radius 1 is 1.37 bits per heavy atom. The number of hydrogen-bond donors (Lipinski definition) is 0. The maximum absolute atomic E-state index is 12.5. The fourth-order valence-electron chi connectivity index (χ4n) is 2.85. The van der Waals surface area contributed by atoms with Gasteiger partial charge in [-0.1, -0.05) is 6.92 Å². The van der Waals surface area contributed by atoms with Gasteiger partial charge in [0.1, 0.15) is 0 Å². The quantitative estimate of drug-likeness (QED) is 0.816. The van der Waals surface area contributed by atoms with Crippen LogP contribution in [0.2, 0.25) is 0 Å². The average molecular weight is 260 g/mol. The number of carbonyl (C=O) groups is 1. The molecule has 104 valence electrons. The molecule has 1 unspecified atom stereocenters. The molecule has 3 nitrogen and oxygen atoms in total. The number of benzene rings is 1.